The maximum absolute atomic E-state index is 12.9. The Hall–Kier alpha value is -2.95. The summed E-state index contributed by atoms with van der Waals surface area (Å²) in [5, 5.41) is 15.6. The van der Waals surface area contributed by atoms with Crippen LogP contribution in [0.2, 0.25) is 5.02 Å². The van der Waals surface area contributed by atoms with E-state index in [0.29, 0.717) is 21.2 Å². The highest BCUT2D eigenvalue weighted by Crippen LogP contribution is 2.27. The van der Waals surface area contributed by atoms with Crippen molar-refractivity contribution in [3.8, 4) is 0 Å². The Balaban J connectivity index is 1.74. The quantitative estimate of drug-likeness (QED) is 0.389. The topological polar surface area (TPSA) is 121 Å². The molecule has 0 saturated heterocycles. The van der Waals surface area contributed by atoms with E-state index in [-0.39, 0.29) is 34.8 Å². The first-order valence-corrected chi connectivity index (χ1v) is 10.4. The van der Waals surface area contributed by atoms with E-state index < -0.39 is 17.5 Å². The Morgan fingerprint density at radius 2 is 2.00 bits per heavy atom. The molecule has 0 unspecified atom stereocenters. The predicted octanol–water partition coefficient (Wildman–Crippen LogP) is 4.29. The Morgan fingerprint density at radius 1 is 1.27 bits per heavy atom. The number of nitrogen functional groups attached to an aromatic ring is 1. The zero-order valence-electron chi connectivity index (χ0n) is 15.2. The number of aromatic nitrogens is 1. The molecular formula is C19H15ClFN5O2S2. The third-order valence-electron chi connectivity index (χ3n) is 4.03. The number of carbonyl (C=O) groups is 2. The van der Waals surface area contributed by atoms with Crippen LogP contribution in [0, 0.1) is 5.41 Å². The van der Waals surface area contributed by atoms with Crippen LogP contribution in [0.5, 0.6) is 0 Å². The molecule has 0 aliphatic heterocycles. The van der Waals surface area contributed by atoms with E-state index in [1.165, 1.54) is 23.8 Å². The van der Waals surface area contributed by atoms with Crippen LogP contribution < -0.4 is 16.4 Å². The molecule has 0 saturated carbocycles. The molecular weight excluding hydrogens is 449 g/mol. The van der Waals surface area contributed by atoms with Crippen molar-refractivity contribution in [1.29, 1.82) is 5.41 Å². The number of hydrogen-bond donors (Lipinski definition) is 4. The van der Waals surface area contributed by atoms with Crippen LogP contribution in [0.25, 0.3) is 0 Å². The molecule has 2 heterocycles. The number of nitrogens with zero attached hydrogens (tertiary/aromatic N) is 1. The maximum Gasteiger partial charge on any atom is 0.270 e. The van der Waals surface area contributed by atoms with E-state index >= 15 is 0 Å². The van der Waals surface area contributed by atoms with Gasteiger partial charge in [-0.05, 0) is 30.3 Å². The minimum Gasteiger partial charge on any atom is -0.390 e. The van der Waals surface area contributed by atoms with Crippen LogP contribution in [-0.4, -0.2) is 22.5 Å². The Kier molecular flexibility index (Phi) is 7.03. The zero-order chi connectivity index (χ0) is 21.7. The van der Waals surface area contributed by atoms with Crippen molar-refractivity contribution in [1.82, 2.24) is 10.3 Å². The van der Waals surface area contributed by atoms with Crippen molar-refractivity contribution in [3.63, 3.8) is 0 Å². The van der Waals surface area contributed by atoms with Gasteiger partial charge in [0.2, 0.25) is 0 Å². The molecule has 0 spiro atoms. The molecule has 0 radical (unpaired) electrons. The van der Waals surface area contributed by atoms with Gasteiger partial charge >= 0.3 is 0 Å². The molecule has 30 heavy (non-hydrogen) atoms. The minimum absolute atomic E-state index is 0.0206. The average Bonchev–Trinajstić information content (AvgIpc) is 3.14. The molecule has 2 aromatic heterocycles. The van der Waals surface area contributed by atoms with Crippen molar-refractivity contribution >= 4 is 63.3 Å². The third-order valence-corrected chi connectivity index (χ3v) is 5.65. The summed E-state index contributed by atoms with van der Waals surface area (Å²) in [6.45, 7) is -0.0206. The maximum atomic E-state index is 12.9. The van der Waals surface area contributed by atoms with Crippen molar-refractivity contribution in [2.24, 2.45) is 0 Å². The van der Waals surface area contributed by atoms with Crippen LogP contribution in [0.1, 0.15) is 21.5 Å². The number of nitrogens with one attached hydrogen (secondary N) is 3. The Morgan fingerprint density at radius 3 is 2.70 bits per heavy atom. The Bertz CT molecular complexity index is 1100. The van der Waals surface area contributed by atoms with Crippen molar-refractivity contribution in [2.45, 2.75) is 11.4 Å². The van der Waals surface area contributed by atoms with E-state index in [2.05, 4.69) is 15.6 Å². The largest absolute Gasteiger partial charge is 0.390 e. The predicted molar refractivity (Wildman–Crippen MR) is 118 cm³/mol. The lowest BCUT2D eigenvalue weighted by atomic mass is 10.1. The number of pyridine rings is 1. The molecule has 7 nitrogen and oxygen atoms in total. The van der Waals surface area contributed by atoms with Crippen LogP contribution in [0.4, 0.5) is 14.6 Å². The SMILES string of the molecule is N=C(C(=O)NCc1cnccc1SF)c1csc(N)c1C(=O)Nc1ccc(Cl)cc1. The van der Waals surface area contributed by atoms with Gasteiger partial charge in [0.15, 0.2) is 0 Å². The summed E-state index contributed by atoms with van der Waals surface area (Å²) in [5.74, 6) is -1.28. The van der Waals surface area contributed by atoms with Crippen molar-refractivity contribution < 1.29 is 13.5 Å². The second-order valence-electron chi connectivity index (χ2n) is 5.97. The fourth-order valence-electron chi connectivity index (χ4n) is 2.53. The summed E-state index contributed by atoms with van der Waals surface area (Å²) >= 11 is 6.93. The highest BCUT2D eigenvalue weighted by Gasteiger charge is 2.24. The molecule has 154 valence electrons. The van der Waals surface area contributed by atoms with E-state index in [0.717, 1.165) is 11.3 Å². The molecule has 11 heteroatoms. The lowest BCUT2D eigenvalue weighted by Gasteiger charge is -2.10. The minimum atomic E-state index is -0.730. The normalized spacial score (nSPS) is 10.5. The van der Waals surface area contributed by atoms with Gasteiger partial charge in [0.1, 0.15) is 5.71 Å². The number of anilines is 2. The number of nitrogens with two attached hydrogens (primary N) is 1. The van der Waals surface area contributed by atoms with Gasteiger partial charge < -0.3 is 16.4 Å². The van der Waals surface area contributed by atoms with Gasteiger partial charge in [-0.2, -0.15) is 3.89 Å². The monoisotopic (exact) mass is 463 g/mol. The lowest BCUT2D eigenvalue weighted by molar-refractivity contribution is -0.115. The van der Waals surface area contributed by atoms with Crippen LogP contribution in [0.15, 0.2) is 53.0 Å². The first-order chi connectivity index (χ1) is 14.4. The molecule has 2 amide bonds. The van der Waals surface area contributed by atoms with Crippen LogP contribution in [-0.2, 0) is 11.3 Å². The van der Waals surface area contributed by atoms with E-state index in [9.17, 15) is 13.5 Å². The number of halogens is 2. The molecule has 0 atom stereocenters. The number of carbonyl (C=O) groups excluding carboxylic acids is 2. The number of benzene rings is 1. The first kappa shape index (κ1) is 21.8. The van der Waals surface area contributed by atoms with Crippen LogP contribution >= 0.6 is 35.1 Å². The van der Waals surface area contributed by atoms with Gasteiger partial charge in [0.25, 0.3) is 11.8 Å². The average molecular weight is 464 g/mol. The molecule has 3 aromatic rings. The number of thiophene rings is 1. The number of rotatable bonds is 7. The zero-order valence-corrected chi connectivity index (χ0v) is 17.6. The van der Waals surface area contributed by atoms with E-state index in [4.69, 9.17) is 22.7 Å². The van der Waals surface area contributed by atoms with E-state index in [1.54, 1.807) is 24.3 Å². The molecule has 0 aliphatic rings. The molecule has 5 N–H and O–H groups in total. The summed E-state index contributed by atoms with van der Waals surface area (Å²) < 4.78 is 12.9. The lowest BCUT2D eigenvalue weighted by Crippen LogP contribution is -2.32. The molecule has 0 aliphatic carbocycles. The highest BCUT2D eigenvalue weighted by atomic mass is 35.5. The van der Waals surface area contributed by atoms with Crippen molar-refractivity contribution in [2.75, 3.05) is 11.1 Å². The van der Waals surface area contributed by atoms with Gasteiger partial charge in [-0.3, -0.25) is 20.0 Å². The smallest absolute Gasteiger partial charge is 0.270 e. The van der Waals surface area contributed by atoms with Gasteiger partial charge in [0.05, 0.1) is 22.7 Å². The summed E-state index contributed by atoms with van der Waals surface area (Å²) in [5.41, 5.74) is 6.59. The highest BCUT2D eigenvalue weighted by molar-refractivity contribution is 7.94. The first-order valence-electron chi connectivity index (χ1n) is 8.43. The second kappa shape index (κ2) is 9.70. The molecule has 0 fully saturated rings. The second-order valence-corrected chi connectivity index (χ2v) is 7.91. The fourth-order valence-corrected chi connectivity index (χ4v) is 3.79. The molecule has 1 aromatic carbocycles. The summed E-state index contributed by atoms with van der Waals surface area (Å²) in [4.78, 5) is 29.4. The van der Waals surface area contributed by atoms with E-state index in [1.807, 2.05) is 0 Å². The Labute approximate surface area is 184 Å². The summed E-state index contributed by atoms with van der Waals surface area (Å²) in [6, 6.07) is 7.96. The summed E-state index contributed by atoms with van der Waals surface area (Å²) in [7, 11) is 0. The summed E-state index contributed by atoms with van der Waals surface area (Å²) in [6.07, 6.45) is 2.87. The third kappa shape index (κ3) is 4.96. The fraction of sp³-hybridized carbons (Fsp3) is 0.0526. The van der Waals surface area contributed by atoms with Gasteiger partial charge in [-0.1, -0.05) is 11.6 Å². The van der Waals surface area contributed by atoms with Gasteiger partial charge in [-0.25, -0.2) is 0 Å². The van der Waals surface area contributed by atoms with Gasteiger partial charge in [0, 0.05) is 51.1 Å². The standard InChI is InChI=1S/C19H15ClFN5O2S2/c20-11-1-3-12(4-2-11)26-18(27)15-13(9-29-17(15)23)16(22)19(28)25-8-10-7-24-6-5-14(10)30-21/h1-7,9,22H,8,23H2,(H,25,28)(H,26,27). The van der Waals surface area contributed by atoms with Crippen LogP contribution in [0.3, 0.4) is 0 Å². The molecule has 3 rings (SSSR count). The van der Waals surface area contributed by atoms with Gasteiger partial charge in [-0.15, -0.1) is 11.3 Å². The molecule has 0 bridgehead atoms. The number of amides is 2. The van der Waals surface area contributed by atoms with Crippen molar-refractivity contribution in [3.05, 3.63) is 69.8 Å². The number of hydrogen-bond acceptors (Lipinski definition) is 7.